The Morgan fingerprint density at radius 2 is 1.84 bits per heavy atom. The molecule has 0 aromatic heterocycles. The van der Waals surface area contributed by atoms with Gasteiger partial charge in [0.25, 0.3) is 0 Å². The lowest BCUT2D eigenvalue weighted by atomic mass is 9.89. The molecule has 11 heteroatoms. The predicted octanol–water partition coefficient (Wildman–Crippen LogP) is 2.52. The first-order chi connectivity index (χ1) is 17.3. The number of amides is 4. The van der Waals surface area contributed by atoms with E-state index in [1.54, 1.807) is 4.90 Å². The molecule has 0 aromatic rings. The zero-order chi connectivity index (χ0) is 27.8. The first-order valence-electron chi connectivity index (χ1n) is 13.3. The maximum Gasteiger partial charge on any atom is 0.410 e. The minimum atomic E-state index is -0.900. The maximum absolute atomic E-state index is 13.0. The number of carbonyl (C=O) groups excluding carboxylic acids is 5. The van der Waals surface area contributed by atoms with Gasteiger partial charge in [-0.05, 0) is 52.4 Å². The van der Waals surface area contributed by atoms with E-state index in [4.69, 9.17) is 9.47 Å². The van der Waals surface area contributed by atoms with Crippen molar-refractivity contribution in [3.05, 3.63) is 0 Å². The normalized spacial score (nSPS) is 21.0. The molecule has 0 unspecified atom stereocenters. The lowest BCUT2D eigenvalue weighted by molar-refractivity contribution is -0.127. The van der Waals surface area contributed by atoms with Gasteiger partial charge in [0.1, 0.15) is 23.5 Å². The van der Waals surface area contributed by atoms with Gasteiger partial charge in [-0.15, -0.1) is 0 Å². The predicted molar refractivity (Wildman–Crippen MR) is 137 cm³/mol. The summed E-state index contributed by atoms with van der Waals surface area (Å²) in [6, 6.07) is -1.73. The molecule has 3 N–H and O–H groups in total. The van der Waals surface area contributed by atoms with Crippen LogP contribution >= 0.6 is 0 Å². The van der Waals surface area contributed by atoms with Crippen LogP contribution in [0, 0.1) is 11.8 Å². The van der Waals surface area contributed by atoms with Crippen molar-refractivity contribution in [3.63, 3.8) is 0 Å². The van der Waals surface area contributed by atoms with Gasteiger partial charge in [-0.1, -0.05) is 20.8 Å². The highest BCUT2D eigenvalue weighted by Crippen LogP contribution is 2.30. The Morgan fingerprint density at radius 1 is 1.19 bits per heavy atom. The van der Waals surface area contributed by atoms with Crippen molar-refractivity contribution in [2.75, 3.05) is 19.6 Å². The Hall–Kier alpha value is -2.85. The van der Waals surface area contributed by atoms with E-state index in [-0.39, 0.29) is 24.2 Å². The number of ether oxygens (including phenoxy) is 2. The number of piperidine rings is 1. The van der Waals surface area contributed by atoms with Crippen molar-refractivity contribution >= 4 is 30.3 Å². The fourth-order valence-electron chi connectivity index (χ4n) is 4.63. The van der Waals surface area contributed by atoms with Crippen molar-refractivity contribution in [2.45, 2.75) is 103 Å². The summed E-state index contributed by atoms with van der Waals surface area (Å²) in [5.41, 5.74) is -1.35. The van der Waals surface area contributed by atoms with E-state index in [1.807, 2.05) is 41.5 Å². The van der Waals surface area contributed by atoms with E-state index in [0.717, 1.165) is 0 Å². The fourth-order valence-corrected chi connectivity index (χ4v) is 4.63. The van der Waals surface area contributed by atoms with Gasteiger partial charge < -0.3 is 35.1 Å². The highest BCUT2D eigenvalue weighted by molar-refractivity contribution is 5.88. The quantitative estimate of drug-likeness (QED) is 0.373. The average molecular weight is 525 g/mol. The largest absolute Gasteiger partial charge is 0.444 e. The van der Waals surface area contributed by atoms with Crippen LogP contribution in [0.2, 0.25) is 0 Å². The monoisotopic (exact) mass is 524 g/mol. The standard InChI is InChI=1S/C26H44N4O7/c1-7-26(9-12-30(13-10-26)24(35)37-25(4,5)6)36-23(34)29-20(14-17(2)3)22(33)28-19(16-31)15-18-8-11-27-21(18)32/h16-20H,7-15H2,1-6H3,(H,27,32)(H,28,33)(H,29,34)/t18-,19-,20-/m0/s1. The van der Waals surface area contributed by atoms with Crippen LogP contribution in [-0.2, 0) is 23.9 Å². The van der Waals surface area contributed by atoms with Gasteiger partial charge in [0.2, 0.25) is 11.8 Å². The van der Waals surface area contributed by atoms with Gasteiger partial charge in [0.15, 0.2) is 0 Å². The second kappa shape index (κ2) is 13.1. The molecular weight excluding hydrogens is 480 g/mol. The molecular formula is C26H44N4O7. The molecule has 0 spiro atoms. The Balaban J connectivity index is 1.97. The molecule has 2 aliphatic rings. The number of hydrogen-bond acceptors (Lipinski definition) is 7. The third-order valence-electron chi connectivity index (χ3n) is 6.79. The van der Waals surface area contributed by atoms with Gasteiger partial charge in [-0.3, -0.25) is 9.59 Å². The SMILES string of the molecule is CCC1(OC(=O)N[C@@H](CC(C)C)C(=O)N[C@H](C=O)C[C@@H]2CCNC2=O)CCN(C(=O)OC(C)(C)C)CC1. The van der Waals surface area contributed by atoms with E-state index in [2.05, 4.69) is 16.0 Å². The summed E-state index contributed by atoms with van der Waals surface area (Å²) >= 11 is 0. The van der Waals surface area contributed by atoms with E-state index >= 15 is 0 Å². The molecule has 0 radical (unpaired) electrons. The third-order valence-corrected chi connectivity index (χ3v) is 6.79. The fraction of sp³-hybridized carbons (Fsp3) is 0.808. The molecule has 3 atom stereocenters. The molecule has 2 aliphatic heterocycles. The third kappa shape index (κ3) is 9.51. The molecule has 0 aromatic carbocycles. The second-order valence-corrected chi connectivity index (χ2v) is 11.5. The molecule has 2 rings (SSSR count). The van der Waals surface area contributed by atoms with Gasteiger partial charge >= 0.3 is 12.2 Å². The Kier molecular flexibility index (Phi) is 10.8. The number of likely N-dealkylation sites (tertiary alicyclic amines) is 1. The van der Waals surface area contributed by atoms with E-state index in [1.165, 1.54) is 0 Å². The van der Waals surface area contributed by atoms with Gasteiger partial charge in [-0.2, -0.15) is 0 Å². The van der Waals surface area contributed by atoms with E-state index in [9.17, 15) is 24.0 Å². The number of rotatable bonds is 10. The zero-order valence-corrected chi connectivity index (χ0v) is 23.1. The maximum atomic E-state index is 13.0. The van der Waals surface area contributed by atoms with Gasteiger partial charge in [0.05, 0.1) is 6.04 Å². The van der Waals surface area contributed by atoms with E-state index in [0.29, 0.717) is 58.0 Å². The van der Waals surface area contributed by atoms with E-state index < -0.39 is 41.4 Å². The summed E-state index contributed by atoms with van der Waals surface area (Å²) in [4.78, 5) is 63.4. The van der Waals surface area contributed by atoms with Crippen LogP contribution in [0.25, 0.3) is 0 Å². The molecule has 0 bridgehead atoms. The highest BCUT2D eigenvalue weighted by Gasteiger charge is 2.40. The van der Waals surface area contributed by atoms with Crippen LogP contribution in [0.4, 0.5) is 9.59 Å². The molecule has 210 valence electrons. The molecule has 0 saturated carbocycles. The topological polar surface area (TPSA) is 143 Å². The summed E-state index contributed by atoms with van der Waals surface area (Å²) < 4.78 is 11.3. The second-order valence-electron chi connectivity index (χ2n) is 11.5. The molecule has 2 heterocycles. The van der Waals surface area contributed by atoms with Crippen LogP contribution in [-0.4, -0.2) is 78.1 Å². The molecule has 0 aliphatic carbocycles. The molecule has 2 saturated heterocycles. The number of aldehydes is 1. The minimum absolute atomic E-state index is 0.0866. The smallest absolute Gasteiger partial charge is 0.410 e. The summed E-state index contributed by atoms with van der Waals surface area (Å²) in [7, 11) is 0. The van der Waals surface area contributed by atoms with Crippen LogP contribution in [0.1, 0.15) is 80.1 Å². The lowest BCUT2D eigenvalue weighted by Crippen LogP contribution is -2.54. The Morgan fingerprint density at radius 3 is 2.32 bits per heavy atom. The van der Waals surface area contributed by atoms with Gasteiger partial charge in [0, 0.05) is 38.4 Å². The first-order valence-corrected chi connectivity index (χ1v) is 13.3. The number of nitrogens with zero attached hydrogens (tertiary/aromatic N) is 1. The average Bonchev–Trinajstić information content (AvgIpc) is 3.21. The number of nitrogens with one attached hydrogen (secondary N) is 3. The summed E-state index contributed by atoms with van der Waals surface area (Å²) in [5.74, 6) is -0.855. The molecule has 11 nitrogen and oxygen atoms in total. The number of hydrogen-bond donors (Lipinski definition) is 3. The molecule has 37 heavy (non-hydrogen) atoms. The van der Waals surface area contributed by atoms with Gasteiger partial charge in [-0.25, -0.2) is 9.59 Å². The Bertz CT molecular complexity index is 831. The summed E-state index contributed by atoms with van der Waals surface area (Å²) in [6.45, 7) is 12.5. The number of carbonyl (C=O) groups is 5. The van der Waals surface area contributed by atoms with Crippen molar-refractivity contribution in [1.29, 1.82) is 0 Å². The van der Waals surface area contributed by atoms with Crippen LogP contribution < -0.4 is 16.0 Å². The van der Waals surface area contributed by atoms with Crippen LogP contribution in [0.15, 0.2) is 0 Å². The minimum Gasteiger partial charge on any atom is -0.444 e. The summed E-state index contributed by atoms with van der Waals surface area (Å²) in [6.07, 6.45) is 2.15. The first kappa shape index (κ1) is 30.4. The Labute approximate surface area is 219 Å². The summed E-state index contributed by atoms with van der Waals surface area (Å²) in [5, 5.41) is 8.08. The van der Waals surface area contributed by atoms with Crippen LogP contribution in [0.3, 0.4) is 0 Å². The zero-order valence-electron chi connectivity index (χ0n) is 23.1. The highest BCUT2D eigenvalue weighted by atomic mass is 16.6. The van der Waals surface area contributed by atoms with Crippen molar-refractivity contribution in [2.24, 2.45) is 11.8 Å². The molecule has 2 fully saturated rings. The van der Waals surface area contributed by atoms with Crippen molar-refractivity contribution < 1.29 is 33.4 Å². The molecule has 4 amide bonds. The van der Waals surface area contributed by atoms with Crippen molar-refractivity contribution in [3.8, 4) is 0 Å². The lowest BCUT2D eigenvalue weighted by Gasteiger charge is -2.41. The van der Waals surface area contributed by atoms with Crippen LogP contribution in [0.5, 0.6) is 0 Å². The van der Waals surface area contributed by atoms with Crippen molar-refractivity contribution in [1.82, 2.24) is 20.9 Å². The number of alkyl carbamates (subject to hydrolysis) is 1.